The average molecular weight is 315 g/mol. The second-order valence-electron chi connectivity index (χ2n) is 5.03. The molecule has 0 spiro atoms. The van der Waals surface area contributed by atoms with Crippen molar-refractivity contribution in [2.45, 2.75) is 0 Å². The monoisotopic (exact) mass is 314 g/mol. The molecule has 3 rings (SSSR count). The van der Waals surface area contributed by atoms with Crippen LogP contribution >= 0.6 is 11.6 Å². The van der Waals surface area contributed by atoms with Crippen molar-refractivity contribution in [3.63, 3.8) is 0 Å². The lowest BCUT2D eigenvalue weighted by Crippen LogP contribution is -2.15. The SMILES string of the molecule is CN(C)c1nc2c(C#N)cc(Cl)cc2n1-c1ccccc1F. The zero-order chi connectivity index (χ0) is 15.9. The predicted molar refractivity (Wildman–Crippen MR) is 85.1 cm³/mol. The summed E-state index contributed by atoms with van der Waals surface area (Å²) in [6.45, 7) is 0. The number of nitriles is 1. The van der Waals surface area contributed by atoms with Gasteiger partial charge in [-0.05, 0) is 24.3 Å². The standard InChI is InChI=1S/C16H12ClFN4/c1-21(2)16-20-15-10(9-19)7-11(17)8-14(15)22(16)13-6-4-3-5-12(13)18/h3-8H,1-2H3. The number of anilines is 1. The maximum absolute atomic E-state index is 14.2. The summed E-state index contributed by atoms with van der Waals surface area (Å²) >= 11 is 6.09. The van der Waals surface area contributed by atoms with Crippen molar-refractivity contribution in [3.8, 4) is 11.8 Å². The summed E-state index contributed by atoms with van der Waals surface area (Å²) in [5.74, 6) is 0.155. The van der Waals surface area contributed by atoms with Crippen LogP contribution in [0.1, 0.15) is 5.56 Å². The molecule has 110 valence electrons. The molecule has 0 fully saturated rings. The molecule has 0 amide bonds. The largest absolute Gasteiger partial charge is 0.348 e. The van der Waals surface area contributed by atoms with Gasteiger partial charge in [-0.15, -0.1) is 0 Å². The Hall–Kier alpha value is -2.58. The molecule has 1 heterocycles. The molecule has 2 aromatic carbocycles. The van der Waals surface area contributed by atoms with E-state index in [2.05, 4.69) is 11.1 Å². The molecule has 4 nitrogen and oxygen atoms in total. The first-order chi connectivity index (χ1) is 10.5. The van der Waals surface area contributed by atoms with Gasteiger partial charge in [0.15, 0.2) is 0 Å². The molecular formula is C16H12ClFN4. The Bertz CT molecular complexity index is 908. The molecule has 0 unspecified atom stereocenters. The van der Waals surface area contributed by atoms with Crippen molar-refractivity contribution in [1.82, 2.24) is 9.55 Å². The highest BCUT2D eigenvalue weighted by molar-refractivity contribution is 6.31. The third-order valence-electron chi connectivity index (χ3n) is 3.32. The summed E-state index contributed by atoms with van der Waals surface area (Å²) in [5.41, 5.74) is 1.82. The van der Waals surface area contributed by atoms with Gasteiger partial charge in [-0.3, -0.25) is 4.57 Å². The molecule has 0 aliphatic heterocycles. The van der Waals surface area contributed by atoms with Gasteiger partial charge in [0.2, 0.25) is 5.95 Å². The second kappa shape index (κ2) is 5.32. The van der Waals surface area contributed by atoms with Crippen LogP contribution in [0.25, 0.3) is 16.7 Å². The minimum atomic E-state index is -0.372. The predicted octanol–water partition coefficient (Wildman–Crippen LogP) is 3.76. The van der Waals surface area contributed by atoms with E-state index >= 15 is 0 Å². The lowest BCUT2D eigenvalue weighted by molar-refractivity contribution is 0.619. The fourth-order valence-electron chi connectivity index (χ4n) is 2.39. The summed E-state index contributed by atoms with van der Waals surface area (Å²) in [5, 5.41) is 9.69. The lowest BCUT2D eigenvalue weighted by Gasteiger charge is -2.15. The van der Waals surface area contributed by atoms with E-state index in [1.54, 1.807) is 39.8 Å². The Labute approximate surface area is 132 Å². The number of hydrogen-bond acceptors (Lipinski definition) is 3. The van der Waals surface area contributed by atoms with Crippen LogP contribution in [0.2, 0.25) is 5.02 Å². The maximum Gasteiger partial charge on any atom is 0.210 e. The third kappa shape index (κ3) is 2.18. The molecular weight excluding hydrogens is 303 g/mol. The molecule has 0 aliphatic rings. The highest BCUT2D eigenvalue weighted by Gasteiger charge is 2.19. The van der Waals surface area contributed by atoms with E-state index in [1.807, 2.05) is 14.1 Å². The van der Waals surface area contributed by atoms with Crippen molar-refractivity contribution in [3.05, 3.63) is 52.8 Å². The van der Waals surface area contributed by atoms with Crippen molar-refractivity contribution in [2.75, 3.05) is 19.0 Å². The van der Waals surface area contributed by atoms with Gasteiger partial charge in [0.05, 0.1) is 16.8 Å². The molecule has 0 radical (unpaired) electrons. The van der Waals surface area contributed by atoms with E-state index < -0.39 is 0 Å². The van der Waals surface area contributed by atoms with Crippen LogP contribution in [0.5, 0.6) is 0 Å². The van der Waals surface area contributed by atoms with Gasteiger partial charge in [0.1, 0.15) is 17.4 Å². The van der Waals surface area contributed by atoms with Crippen LogP contribution in [0.15, 0.2) is 36.4 Å². The van der Waals surface area contributed by atoms with E-state index in [9.17, 15) is 9.65 Å². The van der Waals surface area contributed by atoms with Crippen LogP contribution in [-0.4, -0.2) is 23.6 Å². The molecule has 3 aromatic rings. The fourth-order valence-corrected chi connectivity index (χ4v) is 2.60. The Balaban J connectivity index is 2.47. The molecule has 0 N–H and O–H groups in total. The third-order valence-corrected chi connectivity index (χ3v) is 3.54. The Morgan fingerprint density at radius 3 is 2.64 bits per heavy atom. The number of fused-ring (bicyclic) bond motifs is 1. The van der Waals surface area contributed by atoms with E-state index in [0.29, 0.717) is 33.3 Å². The van der Waals surface area contributed by atoms with Crippen molar-refractivity contribution >= 4 is 28.6 Å². The highest BCUT2D eigenvalue weighted by atomic mass is 35.5. The van der Waals surface area contributed by atoms with Crippen LogP contribution < -0.4 is 4.90 Å². The van der Waals surface area contributed by atoms with Crippen molar-refractivity contribution < 1.29 is 4.39 Å². The molecule has 6 heteroatoms. The molecule has 0 atom stereocenters. The summed E-state index contributed by atoms with van der Waals surface area (Å²) in [6.07, 6.45) is 0. The number of halogens is 2. The van der Waals surface area contributed by atoms with Crippen LogP contribution in [0.4, 0.5) is 10.3 Å². The lowest BCUT2D eigenvalue weighted by atomic mass is 10.2. The molecule has 0 saturated heterocycles. The van der Waals surface area contributed by atoms with E-state index in [4.69, 9.17) is 11.6 Å². The minimum absolute atomic E-state index is 0.361. The molecule has 0 saturated carbocycles. The first kappa shape index (κ1) is 14.4. The number of hydrogen-bond donors (Lipinski definition) is 0. The number of benzene rings is 2. The van der Waals surface area contributed by atoms with Crippen molar-refractivity contribution in [2.24, 2.45) is 0 Å². The van der Waals surface area contributed by atoms with Gasteiger partial charge in [-0.25, -0.2) is 9.37 Å². The number of imidazole rings is 1. The quantitative estimate of drug-likeness (QED) is 0.723. The van der Waals surface area contributed by atoms with Gasteiger partial charge in [0, 0.05) is 19.1 Å². The summed E-state index contributed by atoms with van der Waals surface area (Å²) in [7, 11) is 3.62. The van der Waals surface area contributed by atoms with Gasteiger partial charge in [0.25, 0.3) is 0 Å². The topological polar surface area (TPSA) is 44.9 Å². The Kier molecular flexibility index (Phi) is 3.47. The zero-order valence-electron chi connectivity index (χ0n) is 12.0. The first-order valence-corrected chi connectivity index (χ1v) is 6.95. The van der Waals surface area contributed by atoms with Gasteiger partial charge >= 0.3 is 0 Å². The minimum Gasteiger partial charge on any atom is -0.348 e. The Morgan fingerprint density at radius 1 is 1.27 bits per heavy atom. The van der Waals surface area contributed by atoms with E-state index in [0.717, 1.165) is 0 Å². The summed E-state index contributed by atoms with van der Waals surface area (Å²) < 4.78 is 15.9. The van der Waals surface area contributed by atoms with E-state index in [-0.39, 0.29) is 5.82 Å². The van der Waals surface area contributed by atoms with Crippen LogP contribution in [0.3, 0.4) is 0 Å². The number of para-hydroxylation sites is 1. The maximum atomic E-state index is 14.2. The molecule has 1 aromatic heterocycles. The molecule has 0 bridgehead atoms. The zero-order valence-corrected chi connectivity index (χ0v) is 12.8. The Morgan fingerprint density at radius 2 is 2.00 bits per heavy atom. The second-order valence-corrected chi connectivity index (χ2v) is 5.46. The molecule has 22 heavy (non-hydrogen) atoms. The van der Waals surface area contributed by atoms with E-state index in [1.165, 1.54) is 6.07 Å². The average Bonchev–Trinajstić information content (AvgIpc) is 2.86. The van der Waals surface area contributed by atoms with Crippen LogP contribution in [-0.2, 0) is 0 Å². The van der Waals surface area contributed by atoms with Gasteiger partial charge in [-0.2, -0.15) is 5.26 Å². The van der Waals surface area contributed by atoms with Gasteiger partial charge in [-0.1, -0.05) is 23.7 Å². The van der Waals surface area contributed by atoms with Crippen LogP contribution in [0, 0.1) is 17.1 Å². The number of rotatable bonds is 2. The number of aromatic nitrogens is 2. The smallest absolute Gasteiger partial charge is 0.210 e. The summed E-state index contributed by atoms with van der Waals surface area (Å²) in [6, 6.07) is 11.7. The summed E-state index contributed by atoms with van der Waals surface area (Å²) in [4.78, 5) is 6.25. The van der Waals surface area contributed by atoms with Crippen molar-refractivity contribution in [1.29, 1.82) is 5.26 Å². The highest BCUT2D eigenvalue weighted by Crippen LogP contribution is 2.31. The first-order valence-electron chi connectivity index (χ1n) is 6.57. The molecule has 0 aliphatic carbocycles. The number of nitrogens with zero attached hydrogens (tertiary/aromatic N) is 4. The normalized spacial score (nSPS) is 10.7. The fraction of sp³-hybridized carbons (Fsp3) is 0.125. The van der Waals surface area contributed by atoms with Gasteiger partial charge < -0.3 is 4.90 Å².